The fraction of sp³-hybridized carbons (Fsp3) is 0.375. The zero-order chi connectivity index (χ0) is 16.4. The van der Waals surface area contributed by atoms with Crippen LogP contribution in [0.1, 0.15) is 16.8 Å². The smallest absolute Gasteiger partial charge is 0.339 e. The third-order valence-corrected chi connectivity index (χ3v) is 3.09. The minimum Gasteiger partial charge on any atom is -0.466 e. The maximum Gasteiger partial charge on any atom is 0.339 e. The van der Waals surface area contributed by atoms with Crippen LogP contribution >= 0.6 is 11.6 Å². The van der Waals surface area contributed by atoms with E-state index in [1.807, 2.05) is 19.2 Å². The molecular formula is C16H20ClNO4. The van der Waals surface area contributed by atoms with E-state index in [0.717, 1.165) is 18.5 Å². The summed E-state index contributed by atoms with van der Waals surface area (Å²) in [6, 6.07) is 8.62. The molecule has 22 heavy (non-hydrogen) atoms. The van der Waals surface area contributed by atoms with Crippen molar-refractivity contribution in [1.82, 2.24) is 4.90 Å². The Kier molecular flexibility index (Phi) is 8.25. The van der Waals surface area contributed by atoms with Crippen molar-refractivity contribution < 1.29 is 19.1 Å². The molecule has 0 bridgehead atoms. The molecule has 1 heterocycles. The molecule has 1 aromatic rings. The number of halogens is 1. The summed E-state index contributed by atoms with van der Waals surface area (Å²) in [5.41, 5.74) is 1.30. The van der Waals surface area contributed by atoms with Gasteiger partial charge in [-0.3, -0.25) is 0 Å². The standard InChI is InChI=1S/C8H7ClO2.C8H13NO2/c9-6-11-8(10)7-4-2-1-3-5-7;1-9-5-3-4-7(6-9)8(10)11-2/h1-5H,6H2;4H,3,5-6H2,1-2H3. The molecule has 0 radical (unpaired) electrons. The van der Waals surface area contributed by atoms with Crippen molar-refractivity contribution in [2.75, 3.05) is 33.3 Å². The van der Waals surface area contributed by atoms with E-state index in [9.17, 15) is 9.59 Å². The van der Waals surface area contributed by atoms with Crippen molar-refractivity contribution in [3.05, 3.63) is 47.5 Å². The second kappa shape index (κ2) is 9.97. The lowest BCUT2D eigenvalue weighted by molar-refractivity contribution is -0.136. The minimum atomic E-state index is -0.388. The normalized spacial score (nSPS) is 14.2. The SMILES string of the molecule is COC(=O)C1=CCCN(C)C1.O=C(OCCl)c1ccccc1. The number of carbonyl (C=O) groups excluding carboxylic acids is 2. The number of benzene rings is 1. The van der Waals surface area contributed by atoms with Crippen LogP contribution in [-0.4, -0.2) is 50.2 Å². The Balaban J connectivity index is 0.000000220. The van der Waals surface area contributed by atoms with Gasteiger partial charge < -0.3 is 14.4 Å². The van der Waals surface area contributed by atoms with Gasteiger partial charge in [0, 0.05) is 18.7 Å². The second-order valence-electron chi connectivity index (χ2n) is 4.65. The molecule has 0 atom stereocenters. The number of ether oxygens (including phenoxy) is 2. The molecule has 0 saturated carbocycles. The molecule has 0 spiro atoms. The monoisotopic (exact) mass is 325 g/mol. The van der Waals surface area contributed by atoms with Crippen molar-refractivity contribution in [2.24, 2.45) is 0 Å². The maximum absolute atomic E-state index is 11.0. The first-order valence-electron chi connectivity index (χ1n) is 6.82. The van der Waals surface area contributed by atoms with Gasteiger partial charge in [-0.15, -0.1) is 0 Å². The summed E-state index contributed by atoms with van der Waals surface area (Å²) in [6.07, 6.45) is 2.90. The predicted octanol–water partition coefficient (Wildman–Crippen LogP) is 2.46. The second-order valence-corrected chi connectivity index (χ2v) is 4.87. The van der Waals surface area contributed by atoms with E-state index in [0.29, 0.717) is 12.1 Å². The molecule has 0 fully saturated rings. The Morgan fingerprint density at radius 3 is 2.45 bits per heavy atom. The molecule has 120 valence electrons. The third-order valence-electron chi connectivity index (χ3n) is 2.98. The lowest BCUT2D eigenvalue weighted by atomic mass is 10.1. The zero-order valence-electron chi connectivity index (χ0n) is 12.8. The molecular weight excluding hydrogens is 306 g/mol. The molecule has 1 aliphatic heterocycles. The highest BCUT2D eigenvalue weighted by Crippen LogP contribution is 2.08. The summed E-state index contributed by atoms with van der Waals surface area (Å²) in [5.74, 6) is -0.586. The number of alkyl halides is 1. The molecule has 6 heteroatoms. The van der Waals surface area contributed by atoms with Gasteiger partial charge in [-0.25, -0.2) is 9.59 Å². The highest BCUT2D eigenvalue weighted by atomic mass is 35.5. The summed E-state index contributed by atoms with van der Waals surface area (Å²) in [4.78, 5) is 24.0. The van der Waals surface area contributed by atoms with Crippen molar-refractivity contribution in [3.8, 4) is 0 Å². The van der Waals surface area contributed by atoms with Gasteiger partial charge in [-0.2, -0.15) is 0 Å². The number of carbonyl (C=O) groups is 2. The molecule has 0 amide bonds. The summed E-state index contributed by atoms with van der Waals surface area (Å²) in [7, 11) is 3.41. The van der Waals surface area contributed by atoms with Crippen LogP contribution < -0.4 is 0 Å². The Hall–Kier alpha value is -1.85. The molecule has 5 nitrogen and oxygen atoms in total. The third kappa shape index (κ3) is 6.28. The van der Waals surface area contributed by atoms with Gasteiger partial charge in [0.25, 0.3) is 0 Å². The van der Waals surface area contributed by atoms with E-state index >= 15 is 0 Å². The molecule has 2 rings (SSSR count). The first-order chi connectivity index (χ1) is 10.6. The van der Waals surface area contributed by atoms with Gasteiger partial charge in [0.05, 0.1) is 12.7 Å². The number of rotatable bonds is 3. The topological polar surface area (TPSA) is 55.8 Å². The summed E-state index contributed by atoms with van der Waals surface area (Å²) >= 11 is 5.20. The van der Waals surface area contributed by atoms with Crippen molar-refractivity contribution in [1.29, 1.82) is 0 Å². The molecule has 1 aromatic carbocycles. The van der Waals surface area contributed by atoms with E-state index in [1.54, 1.807) is 24.3 Å². The molecule has 0 aromatic heterocycles. The molecule has 1 aliphatic rings. The number of hydrogen-bond donors (Lipinski definition) is 0. The lowest BCUT2D eigenvalue weighted by Crippen LogP contribution is -2.28. The molecule has 0 N–H and O–H groups in total. The first kappa shape index (κ1) is 18.2. The number of methoxy groups -OCH3 is 1. The van der Waals surface area contributed by atoms with Crippen LogP contribution in [0.25, 0.3) is 0 Å². The zero-order valence-corrected chi connectivity index (χ0v) is 13.5. The quantitative estimate of drug-likeness (QED) is 0.631. The Labute approximate surface area is 135 Å². The maximum atomic E-state index is 11.0. The number of hydrogen-bond acceptors (Lipinski definition) is 5. The van der Waals surface area contributed by atoms with Crippen LogP contribution in [0.2, 0.25) is 0 Å². The highest BCUT2D eigenvalue weighted by molar-refractivity contribution is 6.17. The van der Waals surface area contributed by atoms with Gasteiger partial charge in [0.2, 0.25) is 0 Å². The molecule has 0 unspecified atom stereocenters. The Morgan fingerprint density at radius 1 is 1.23 bits per heavy atom. The lowest BCUT2D eigenvalue weighted by Gasteiger charge is -2.21. The average molecular weight is 326 g/mol. The minimum absolute atomic E-state index is 0.103. The number of esters is 2. The van der Waals surface area contributed by atoms with Gasteiger partial charge in [-0.05, 0) is 25.6 Å². The van der Waals surface area contributed by atoms with Crippen molar-refractivity contribution >= 4 is 23.5 Å². The van der Waals surface area contributed by atoms with Crippen LogP contribution in [-0.2, 0) is 14.3 Å². The fourth-order valence-corrected chi connectivity index (χ4v) is 1.98. The Bertz CT molecular complexity index is 516. The summed E-state index contributed by atoms with van der Waals surface area (Å²) in [6.45, 7) is 1.74. The van der Waals surface area contributed by atoms with Gasteiger partial charge in [0.15, 0.2) is 6.07 Å². The fourth-order valence-electron chi connectivity index (χ4n) is 1.88. The first-order valence-corrected chi connectivity index (χ1v) is 7.36. The largest absolute Gasteiger partial charge is 0.466 e. The molecule has 0 aliphatic carbocycles. The van der Waals surface area contributed by atoms with Crippen molar-refractivity contribution in [2.45, 2.75) is 6.42 Å². The highest BCUT2D eigenvalue weighted by Gasteiger charge is 2.14. The van der Waals surface area contributed by atoms with E-state index in [1.165, 1.54) is 7.11 Å². The summed E-state index contributed by atoms with van der Waals surface area (Å²) in [5, 5.41) is 0. The molecule has 0 saturated heterocycles. The van der Waals surface area contributed by atoms with Crippen LogP contribution in [0.5, 0.6) is 0 Å². The van der Waals surface area contributed by atoms with Crippen LogP contribution in [0, 0.1) is 0 Å². The average Bonchev–Trinajstić information content (AvgIpc) is 2.56. The van der Waals surface area contributed by atoms with E-state index in [4.69, 9.17) is 11.6 Å². The Morgan fingerprint density at radius 2 is 1.91 bits per heavy atom. The number of nitrogens with zero attached hydrogens (tertiary/aromatic N) is 1. The van der Waals surface area contributed by atoms with Gasteiger partial charge in [0.1, 0.15) is 0 Å². The summed E-state index contributed by atoms with van der Waals surface area (Å²) < 4.78 is 9.16. The van der Waals surface area contributed by atoms with Crippen LogP contribution in [0.15, 0.2) is 42.0 Å². The van der Waals surface area contributed by atoms with E-state index < -0.39 is 0 Å². The van der Waals surface area contributed by atoms with E-state index in [-0.39, 0.29) is 18.0 Å². The number of likely N-dealkylation sites (N-methyl/N-ethyl adjacent to an activating group) is 1. The van der Waals surface area contributed by atoms with Crippen LogP contribution in [0.4, 0.5) is 0 Å². The van der Waals surface area contributed by atoms with Gasteiger partial charge >= 0.3 is 11.9 Å². The van der Waals surface area contributed by atoms with Crippen LogP contribution in [0.3, 0.4) is 0 Å². The van der Waals surface area contributed by atoms with Crippen molar-refractivity contribution in [3.63, 3.8) is 0 Å². The van der Waals surface area contributed by atoms with E-state index in [2.05, 4.69) is 14.4 Å². The predicted molar refractivity (Wildman–Crippen MR) is 84.8 cm³/mol. The van der Waals surface area contributed by atoms with Gasteiger partial charge in [-0.1, -0.05) is 35.9 Å².